The number of aromatic nitrogens is 1. The van der Waals surface area contributed by atoms with Gasteiger partial charge in [0, 0.05) is 23.1 Å². The molecule has 0 saturated heterocycles. The maximum atomic E-state index is 13.0. The molecular weight excluding hydrogens is 369 g/mol. The third kappa shape index (κ3) is 3.81. The van der Waals surface area contributed by atoms with E-state index in [4.69, 9.17) is 11.6 Å². The molecule has 0 radical (unpaired) electrons. The summed E-state index contributed by atoms with van der Waals surface area (Å²) in [5.41, 5.74) is 1.02. The molecule has 0 unspecified atom stereocenters. The van der Waals surface area contributed by atoms with Gasteiger partial charge in [-0.2, -0.15) is 0 Å². The molecule has 0 aliphatic carbocycles. The molecule has 3 aromatic rings. The number of hydrogen-bond donors (Lipinski definition) is 1. The fourth-order valence-electron chi connectivity index (χ4n) is 2.05. The number of amides is 1. The smallest absolute Gasteiger partial charge is 0.270 e. The van der Waals surface area contributed by atoms with Crippen molar-refractivity contribution in [2.45, 2.75) is 0 Å². The van der Waals surface area contributed by atoms with Crippen LogP contribution in [0.3, 0.4) is 0 Å². The van der Waals surface area contributed by atoms with E-state index in [9.17, 15) is 19.3 Å². The molecule has 2 aromatic carbocycles. The highest BCUT2D eigenvalue weighted by Gasteiger charge is 2.17. The molecule has 1 amide bonds. The molecule has 1 heterocycles. The van der Waals surface area contributed by atoms with Crippen LogP contribution in [0, 0.1) is 15.9 Å². The van der Waals surface area contributed by atoms with Crippen LogP contribution in [0.4, 0.5) is 15.2 Å². The van der Waals surface area contributed by atoms with Crippen LogP contribution in [-0.2, 0) is 0 Å². The highest BCUT2D eigenvalue weighted by molar-refractivity contribution is 7.14. The number of halogens is 2. The van der Waals surface area contributed by atoms with Gasteiger partial charge >= 0.3 is 0 Å². The predicted molar refractivity (Wildman–Crippen MR) is 93.6 cm³/mol. The first kappa shape index (κ1) is 17.0. The molecule has 25 heavy (non-hydrogen) atoms. The topological polar surface area (TPSA) is 85.1 Å². The Labute approximate surface area is 150 Å². The lowest BCUT2D eigenvalue weighted by Gasteiger charge is -2.04. The Morgan fingerprint density at radius 2 is 1.96 bits per heavy atom. The second-order valence-electron chi connectivity index (χ2n) is 4.92. The van der Waals surface area contributed by atoms with Crippen molar-refractivity contribution in [3.63, 3.8) is 0 Å². The number of benzene rings is 2. The lowest BCUT2D eigenvalue weighted by molar-refractivity contribution is -0.384. The number of thiazole rings is 1. The van der Waals surface area contributed by atoms with Crippen molar-refractivity contribution in [3.8, 4) is 11.3 Å². The van der Waals surface area contributed by atoms with Gasteiger partial charge in [-0.25, -0.2) is 9.37 Å². The second kappa shape index (κ2) is 6.96. The van der Waals surface area contributed by atoms with Gasteiger partial charge in [-0.15, -0.1) is 11.3 Å². The molecule has 9 heteroatoms. The third-order valence-corrected chi connectivity index (χ3v) is 4.36. The van der Waals surface area contributed by atoms with E-state index in [0.29, 0.717) is 16.4 Å². The lowest BCUT2D eigenvalue weighted by Crippen LogP contribution is -2.12. The zero-order valence-electron chi connectivity index (χ0n) is 12.4. The van der Waals surface area contributed by atoms with Crippen LogP contribution in [0.1, 0.15) is 10.4 Å². The maximum Gasteiger partial charge on any atom is 0.270 e. The van der Waals surface area contributed by atoms with Gasteiger partial charge < -0.3 is 0 Å². The van der Waals surface area contributed by atoms with Crippen molar-refractivity contribution in [3.05, 3.63) is 74.4 Å². The fourth-order valence-corrected chi connectivity index (χ4v) is 2.97. The van der Waals surface area contributed by atoms with Crippen molar-refractivity contribution in [2.75, 3.05) is 5.32 Å². The summed E-state index contributed by atoms with van der Waals surface area (Å²) in [6.07, 6.45) is 0. The molecule has 6 nitrogen and oxygen atoms in total. The average molecular weight is 378 g/mol. The highest BCUT2D eigenvalue weighted by atomic mass is 35.5. The minimum Gasteiger partial charge on any atom is -0.298 e. The molecular formula is C16H9ClFN3O3S. The van der Waals surface area contributed by atoms with E-state index in [0.717, 1.165) is 6.07 Å². The van der Waals surface area contributed by atoms with Crippen molar-refractivity contribution in [1.82, 2.24) is 4.98 Å². The van der Waals surface area contributed by atoms with Gasteiger partial charge in [0.25, 0.3) is 11.6 Å². The Morgan fingerprint density at radius 1 is 1.24 bits per heavy atom. The Bertz CT molecular complexity index is 960. The number of non-ortho nitro benzene ring substituents is 1. The number of hydrogen-bond acceptors (Lipinski definition) is 5. The molecule has 1 aromatic heterocycles. The number of nitro groups is 1. The normalized spacial score (nSPS) is 10.5. The minimum atomic E-state index is -0.608. The Hall–Kier alpha value is -2.84. The zero-order chi connectivity index (χ0) is 18.0. The number of carbonyl (C=O) groups excluding carboxylic acids is 1. The first-order chi connectivity index (χ1) is 11.9. The van der Waals surface area contributed by atoms with Crippen molar-refractivity contribution in [2.24, 2.45) is 0 Å². The molecule has 0 bridgehead atoms. The van der Waals surface area contributed by atoms with Crippen LogP contribution in [-0.4, -0.2) is 15.8 Å². The van der Waals surface area contributed by atoms with Crippen LogP contribution in [0.2, 0.25) is 5.02 Å². The molecule has 126 valence electrons. The van der Waals surface area contributed by atoms with E-state index < -0.39 is 10.8 Å². The van der Waals surface area contributed by atoms with Crippen molar-refractivity contribution in [1.29, 1.82) is 0 Å². The summed E-state index contributed by atoms with van der Waals surface area (Å²) in [5.74, 6) is -0.957. The summed E-state index contributed by atoms with van der Waals surface area (Å²) in [6, 6.07) is 9.40. The molecule has 0 fully saturated rings. The SMILES string of the molecule is O=C(Nc1nc(-c2ccc(F)cc2)cs1)c1cc([N+](=O)[O-])ccc1Cl. The quantitative estimate of drug-likeness (QED) is 0.524. The molecule has 0 aliphatic heterocycles. The van der Waals surface area contributed by atoms with Gasteiger partial charge in [0.15, 0.2) is 5.13 Å². The summed E-state index contributed by atoms with van der Waals surface area (Å²) >= 11 is 7.12. The van der Waals surface area contributed by atoms with Crippen LogP contribution in [0.15, 0.2) is 47.8 Å². The van der Waals surface area contributed by atoms with Gasteiger partial charge in [0.1, 0.15) is 5.82 Å². The number of anilines is 1. The number of nitrogens with one attached hydrogen (secondary N) is 1. The molecule has 3 rings (SSSR count). The Balaban J connectivity index is 1.81. The summed E-state index contributed by atoms with van der Waals surface area (Å²) in [4.78, 5) is 26.8. The predicted octanol–water partition coefficient (Wildman–Crippen LogP) is 4.76. The first-order valence-electron chi connectivity index (χ1n) is 6.91. The molecule has 0 spiro atoms. The van der Waals surface area contributed by atoms with Crippen LogP contribution in [0.25, 0.3) is 11.3 Å². The van der Waals surface area contributed by atoms with Crippen LogP contribution < -0.4 is 5.32 Å². The third-order valence-electron chi connectivity index (χ3n) is 3.27. The summed E-state index contributed by atoms with van der Waals surface area (Å²) in [5, 5.41) is 15.5. The summed E-state index contributed by atoms with van der Waals surface area (Å²) in [7, 11) is 0. The van der Waals surface area contributed by atoms with Gasteiger partial charge in [-0.3, -0.25) is 20.2 Å². The Kier molecular flexibility index (Phi) is 4.73. The van der Waals surface area contributed by atoms with E-state index in [2.05, 4.69) is 10.3 Å². The summed E-state index contributed by atoms with van der Waals surface area (Å²) < 4.78 is 13.0. The van der Waals surface area contributed by atoms with Crippen molar-refractivity contribution < 1.29 is 14.1 Å². The Morgan fingerprint density at radius 3 is 2.64 bits per heavy atom. The van der Waals surface area contributed by atoms with Gasteiger partial charge in [0.2, 0.25) is 0 Å². The van der Waals surface area contributed by atoms with Crippen LogP contribution >= 0.6 is 22.9 Å². The van der Waals surface area contributed by atoms with E-state index >= 15 is 0 Å². The maximum absolute atomic E-state index is 13.0. The molecule has 0 saturated carbocycles. The molecule has 1 N–H and O–H groups in total. The van der Waals surface area contributed by atoms with E-state index in [1.54, 1.807) is 17.5 Å². The molecule has 0 atom stereocenters. The van der Waals surface area contributed by atoms with Crippen molar-refractivity contribution >= 4 is 39.7 Å². The monoisotopic (exact) mass is 377 g/mol. The van der Waals surface area contributed by atoms with Crippen LogP contribution in [0.5, 0.6) is 0 Å². The zero-order valence-corrected chi connectivity index (χ0v) is 14.0. The number of carbonyl (C=O) groups is 1. The van der Waals surface area contributed by atoms with E-state index in [1.165, 1.54) is 35.6 Å². The largest absolute Gasteiger partial charge is 0.298 e. The second-order valence-corrected chi connectivity index (χ2v) is 6.19. The number of nitrogens with zero attached hydrogens (tertiary/aromatic N) is 2. The first-order valence-corrected chi connectivity index (χ1v) is 8.16. The standard InChI is InChI=1S/C16H9ClFN3O3S/c17-13-6-5-11(21(23)24)7-12(13)15(22)20-16-19-14(8-25-16)9-1-3-10(18)4-2-9/h1-8H,(H,19,20,22). The van der Waals surface area contributed by atoms with Gasteiger partial charge in [0.05, 0.1) is 21.2 Å². The van der Waals surface area contributed by atoms with Gasteiger partial charge in [-0.05, 0) is 30.3 Å². The molecule has 0 aliphatic rings. The van der Waals surface area contributed by atoms with Gasteiger partial charge in [-0.1, -0.05) is 11.6 Å². The fraction of sp³-hybridized carbons (Fsp3) is 0. The summed E-state index contributed by atoms with van der Waals surface area (Å²) in [6.45, 7) is 0. The van der Waals surface area contributed by atoms with E-state index in [1.807, 2.05) is 0 Å². The van der Waals surface area contributed by atoms with E-state index in [-0.39, 0.29) is 22.1 Å². The highest BCUT2D eigenvalue weighted by Crippen LogP contribution is 2.27. The average Bonchev–Trinajstić information content (AvgIpc) is 3.04. The number of nitro benzene ring substituents is 1. The minimum absolute atomic E-state index is 0.0191. The number of rotatable bonds is 4. The lowest BCUT2D eigenvalue weighted by atomic mass is 10.2.